The van der Waals surface area contributed by atoms with Crippen LogP contribution in [0.2, 0.25) is 0 Å². The van der Waals surface area contributed by atoms with Crippen LogP contribution < -0.4 is 33.3 Å². The van der Waals surface area contributed by atoms with Gasteiger partial charge in [0.25, 0.3) is 5.91 Å². The number of aromatic nitrogens is 1. The van der Waals surface area contributed by atoms with Crippen LogP contribution >= 0.6 is 0 Å². The van der Waals surface area contributed by atoms with E-state index >= 15 is 0 Å². The van der Waals surface area contributed by atoms with E-state index in [0.29, 0.717) is 16.9 Å². The number of pyridine rings is 1. The average molecular weight is 355 g/mol. The molecule has 0 radical (unpaired) electrons. The van der Waals surface area contributed by atoms with Gasteiger partial charge in [-0.3, -0.25) is 4.79 Å². The molecule has 0 aliphatic rings. The molecule has 0 saturated heterocycles. The smallest absolute Gasteiger partial charge is 0.255 e. The SMILES string of the molecule is C[n+]1ccc(Nc2cccc(C(=O)Nc3ccc(N)cc3)c2)cc1.[Cl-]. The molecule has 0 spiro atoms. The number of rotatable bonds is 4. The van der Waals surface area contributed by atoms with Crippen LogP contribution in [-0.2, 0) is 7.05 Å². The van der Waals surface area contributed by atoms with Crippen LogP contribution in [0, 0.1) is 0 Å². The predicted molar refractivity (Wildman–Crippen MR) is 96.2 cm³/mol. The fraction of sp³-hybridized carbons (Fsp3) is 0.0526. The molecule has 128 valence electrons. The van der Waals surface area contributed by atoms with Gasteiger partial charge in [-0.15, -0.1) is 0 Å². The summed E-state index contributed by atoms with van der Waals surface area (Å²) in [6.45, 7) is 0. The third kappa shape index (κ3) is 4.96. The number of nitrogens with zero attached hydrogens (tertiary/aromatic N) is 1. The number of anilines is 4. The fourth-order valence-corrected chi connectivity index (χ4v) is 2.26. The number of benzene rings is 2. The zero-order chi connectivity index (χ0) is 16.9. The maximum absolute atomic E-state index is 12.4. The van der Waals surface area contributed by atoms with Gasteiger partial charge in [0.05, 0.1) is 5.69 Å². The van der Waals surface area contributed by atoms with Crippen molar-refractivity contribution < 1.29 is 21.8 Å². The van der Waals surface area contributed by atoms with Gasteiger partial charge in [-0.05, 0) is 42.5 Å². The summed E-state index contributed by atoms with van der Waals surface area (Å²) in [4.78, 5) is 12.4. The van der Waals surface area contributed by atoms with E-state index in [2.05, 4.69) is 10.6 Å². The molecule has 25 heavy (non-hydrogen) atoms. The van der Waals surface area contributed by atoms with Crippen molar-refractivity contribution in [3.05, 3.63) is 78.6 Å². The summed E-state index contributed by atoms with van der Waals surface area (Å²) in [7, 11) is 1.96. The molecule has 3 rings (SSSR count). The fourth-order valence-electron chi connectivity index (χ4n) is 2.26. The molecule has 1 aromatic heterocycles. The van der Waals surface area contributed by atoms with Crippen molar-refractivity contribution in [1.82, 2.24) is 0 Å². The summed E-state index contributed by atoms with van der Waals surface area (Å²) >= 11 is 0. The number of aryl methyl sites for hydroxylation is 1. The number of carbonyl (C=O) groups excluding carboxylic acids is 1. The Balaban J connectivity index is 0.00000225. The maximum Gasteiger partial charge on any atom is 0.255 e. The average Bonchev–Trinajstić information content (AvgIpc) is 2.59. The van der Waals surface area contributed by atoms with E-state index in [1.165, 1.54) is 0 Å². The molecule has 2 aromatic carbocycles. The van der Waals surface area contributed by atoms with Gasteiger partial charge in [0.2, 0.25) is 0 Å². The zero-order valence-electron chi connectivity index (χ0n) is 13.7. The second-order valence-electron chi connectivity index (χ2n) is 5.53. The summed E-state index contributed by atoms with van der Waals surface area (Å²) in [6, 6.07) is 18.4. The van der Waals surface area contributed by atoms with E-state index in [1.807, 2.05) is 54.3 Å². The molecular formula is C19H19ClN4O. The first-order valence-electron chi connectivity index (χ1n) is 7.59. The number of hydrogen-bond donors (Lipinski definition) is 3. The number of carbonyl (C=O) groups is 1. The molecule has 3 aromatic rings. The number of amides is 1. The Labute approximate surface area is 152 Å². The lowest BCUT2D eigenvalue weighted by Crippen LogP contribution is -3.00. The molecule has 1 heterocycles. The minimum absolute atomic E-state index is 0. The van der Waals surface area contributed by atoms with Gasteiger partial charge in [-0.1, -0.05) is 6.07 Å². The monoisotopic (exact) mass is 354 g/mol. The van der Waals surface area contributed by atoms with E-state index < -0.39 is 0 Å². The zero-order valence-corrected chi connectivity index (χ0v) is 14.5. The molecule has 1 amide bonds. The van der Waals surface area contributed by atoms with Crippen molar-refractivity contribution >= 4 is 28.7 Å². The normalized spacial score (nSPS) is 9.80. The third-order valence-corrected chi connectivity index (χ3v) is 3.56. The van der Waals surface area contributed by atoms with Crippen LogP contribution in [0.1, 0.15) is 10.4 Å². The van der Waals surface area contributed by atoms with E-state index in [0.717, 1.165) is 11.4 Å². The van der Waals surface area contributed by atoms with E-state index in [1.54, 1.807) is 30.3 Å². The van der Waals surface area contributed by atoms with Gasteiger partial charge in [-0.25, -0.2) is 4.57 Å². The predicted octanol–water partition coefficient (Wildman–Crippen LogP) is 0.0932. The number of hydrogen-bond acceptors (Lipinski definition) is 3. The summed E-state index contributed by atoms with van der Waals surface area (Å²) in [5.41, 5.74) is 9.42. The van der Waals surface area contributed by atoms with Crippen LogP contribution in [0.3, 0.4) is 0 Å². The van der Waals surface area contributed by atoms with Crippen molar-refractivity contribution in [2.75, 3.05) is 16.4 Å². The van der Waals surface area contributed by atoms with Gasteiger partial charge in [-0.2, -0.15) is 0 Å². The van der Waals surface area contributed by atoms with Gasteiger partial charge in [0.15, 0.2) is 12.4 Å². The Bertz CT molecular complexity index is 848. The lowest BCUT2D eigenvalue weighted by Gasteiger charge is -2.09. The van der Waals surface area contributed by atoms with Gasteiger partial charge < -0.3 is 28.8 Å². The standard InChI is InChI=1S/C19H18N4O.ClH/c1-23-11-9-17(10-12-23)21-18-4-2-3-14(13-18)19(24)22-16-7-5-15(20)6-8-16;/h2-13H,20H2,1H3,(H,22,24);1H. The van der Waals surface area contributed by atoms with Gasteiger partial charge >= 0.3 is 0 Å². The van der Waals surface area contributed by atoms with Crippen LogP contribution in [0.15, 0.2) is 73.1 Å². The molecular weight excluding hydrogens is 336 g/mol. The first kappa shape index (κ1) is 18.3. The van der Waals surface area contributed by atoms with Crippen LogP contribution in [0.4, 0.5) is 22.7 Å². The topological polar surface area (TPSA) is 71.0 Å². The molecule has 4 N–H and O–H groups in total. The van der Waals surface area contributed by atoms with E-state index in [-0.39, 0.29) is 18.3 Å². The summed E-state index contributed by atoms with van der Waals surface area (Å²) in [5.74, 6) is -0.164. The Morgan fingerprint density at radius 2 is 1.60 bits per heavy atom. The highest BCUT2D eigenvalue weighted by molar-refractivity contribution is 6.04. The van der Waals surface area contributed by atoms with Crippen molar-refractivity contribution in [2.45, 2.75) is 0 Å². The van der Waals surface area contributed by atoms with Gasteiger partial charge in [0, 0.05) is 34.8 Å². The summed E-state index contributed by atoms with van der Waals surface area (Å²) < 4.78 is 1.96. The lowest BCUT2D eigenvalue weighted by molar-refractivity contribution is -0.671. The van der Waals surface area contributed by atoms with Crippen LogP contribution in [-0.4, -0.2) is 5.91 Å². The first-order valence-corrected chi connectivity index (χ1v) is 7.59. The Morgan fingerprint density at radius 3 is 2.28 bits per heavy atom. The summed E-state index contributed by atoms with van der Waals surface area (Å²) in [6.07, 6.45) is 3.92. The Hall–Kier alpha value is -3.05. The quantitative estimate of drug-likeness (QED) is 0.459. The minimum Gasteiger partial charge on any atom is -1.00 e. The lowest BCUT2D eigenvalue weighted by atomic mass is 10.1. The molecule has 0 bridgehead atoms. The highest BCUT2D eigenvalue weighted by Gasteiger charge is 2.07. The second-order valence-corrected chi connectivity index (χ2v) is 5.53. The minimum atomic E-state index is -0.164. The Morgan fingerprint density at radius 1 is 0.920 bits per heavy atom. The van der Waals surface area contributed by atoms with Crippen molar-refractivity contribution in [3.8, 4) is 0 Å². The van der Waals surface area contributed by atoms with Crippen LogP contribution in [0.5, 0.6) is 0 Å². The van der Waals surface area contributed by atoms with Gasteiger partial charge in [0.1, 0.15) is 7.05 Å². The van der Waals surface area contributed by atoms with Crippen molar-refractivity contribution in [1.29, 1.82) is 0 Å². The highest BCUT2D eigenvalue weighted by Crippen LogP contribution is 2.18. The first-order chi connectivity index (χ1) is 11.6. The molecule has 0 saturated carbocycles. The molecule has 0 aliphatic carbocycles. The highest BCUT2D eigenvalue weighted by atomic mass is 35.5. The number of halogens is 1. The summed E-state index contributed by atoms with van der Waals surface area (Å²) in [5, 5.41) is 6.15. The van der Waals surface area contributed by atoms with E-state index in [9.17, 15) is 4.79 Å². The van der Waals surface area contributed by atoms with Crippen molar-refractivity contribution in [2.24, 2.45) is 7.05 Å². The third-order valence-electron chi connectivity index (χ3n) is 3.56. The maximum atomic E-state index is 12.4. The molecule has 6 heteroatoms. The number of nitrogens with one attached hydrogen (secondary N) is 2. The van der Waals surface area contributed by atoms with Crippen LogP contribution in [0.25, 0.3) is 0 Å². The van der Waals surface area contributed by atoms with E-state index in [4.69, 9.17) is 5.73 Å². The number of nitrogens with two attached hydrogens (primary N) is 1. The molecule has 0 atom stereocenters. The largest absolute Gasteiger partial charge is 1.00 e. The second kappa shape index (κ2) is 8.17. The Kier molecular flexibility index (Phi) is 5.98. The molecule has 5 nitrogen and oxygen atoms in total. The number of nitrogen functional groups attached to an aromatic ring is 1. The van der Waals surface area contributed by atoms with Crippen molar-refractivity contribution in [3.63, 3.8) is 0 Å². The molecule has 0 aliphatic heterocycles. The molecule has 0 unspecified atom stereocenters. The molecule has 0 fully saturated rings.